The van der Waals surface area contributed by atoms with Crippen molar-refractivity contribution in [3.05, 3.63) is 162 Å². The van der Waals surface area contributed by atoms with E-state index in [2.05, 4.69) is 139 Å². The number of nitrogens with zero attached hydrogens (tertiary/aromatic N) is 2. The van der Waals surface area contributed by atoms with E-state index in [9.17, 15) is 0 Å². The maximum atomic E-state index is 5.29. The highest BCUT2D eigenvalue weighted by molar-refractivity contribution is 6.02. The number of amidine groups is 1. The van der Waals surface area contributed by atoms with Crippen molar-refractivity contribution in [3.63, 3.8) is 0 Å². The molecule has 0 bridgehead atoms. The molecular formula is C35H24N2. The van der Waals surface area contributed by atoms with Crippen molar-refractivity contribution in [2.45, 2.75) is 12.0 Å². The molecule has 2 atom stereocenters. The molecule has 0 amide bonds. The third kappa shape index (κ3) is 3.09. The molecule has 2 unspecified atom stereocenters. The van der Waals surface area contributed by atoms with E-state index in [1.807, 2.05) is 0 Å². The Morgan fingerprint density at radius 3 is 2.16 bits per heavy atom. The zero-order valence-corrected chi connectivity index (χ0v) is 20.3. The molecule has 0 aromatic heterocycles. The number of hydrogen-bond donors (Lipinski definition) is 0. The summed E-state index contributed by atoms with van der Waals surface area (Å²) in [4.78, 5) is 7.66. The Bertz CT molecular complexity index is 1850. The number of rotatable bonds is 2. The van der Waals surface area contributed by atoms with Crippen LogP contribution >= 0.6 is 0 Å². The summed E-state index contributed by atoms with van der Waals surface area (Å²) in [7, 11) is 0. The Balaban J connectivity index is 1.41. The maximum Gasteiger partial charge on any atom is 0.133 e. The van der Waals surface area contributed by atoms with Crippen LogP contribution in [0.4, 0.5) is 0 Å². The molecule has 0 N–H and O–H groups in total. The van der Waals surface area contributed by atoms with Crippen LogP contribution in [-0.4, -0.2) is 16.8 Å². The molecule has 2 aliphatic heterocycles. The first-order valence-electron chi connectivity index (χ1n) is 12.9. The summed E-state index contributed by atoms with van der Waals surface area (Å²) in [5.41, 5.74) is 7.57. The van der Waals surface area contributed by atoms with Gasteiger partial charge in [-0.3, -0.25) is 0 Å². The Morgan fingerprint density at radius 2 is 1.32 bits per heavy atom. The fraction of sp³-hybridized carbons (Fsp3) is 0.0571. The summed E-state index contributed by atoms with van der Waals surface area (Å²) in [5.74, 6) is 1.18. The van der Waals surface area contributed by atoms with E-state index in [0.717, 1.165) is 11.5 Å². The smallest absolute Gasteiger partial charge is 0.133 e. The normalized spacial score (nSPS) is 19.7. The summed E-state index contributed by atoms with van der Waals surface area (Å²) in [5, 5.41) is 5.05. The van der Waals surface area contributed by atoms with Gasteiger partial charge >= 0.3 is 0 Å². The first-order chi connectivity index (χ1) is 18.3. The third-order valence-corrected chi connectivity index (χ3v) is 7.99. The summed E-state index contributed by atoms with van der Waals surface area (Å²) >= 11 is 0. The van der Waals surface area contributed by atoms with Crippen LogP contribution in [0.5, 0.6) is 0 Å². The Labute approximate surface area is 216 Å². The number of aliphatic imine (C=N–C) groups is 1. The van der Waals surface area contributed by atoms with Gasteiger partial charge in [0.2, 0.25) is 0 Å². The lowest BCUT2D eigenvalue weighted by Crippen LogP contribution is -2.39. The van der Waals surface area contributed by atoms with Gasteiger partial charge in [0.15, 0.2) is 0 Å². The van der Waals surface area contributed by atoms with Gasteiger partial charge in [0.25, 0.3) is 0 Å². The predicted molar refractivity (Wildman–Crippen MR) is 154 cm³/mol. The van der Waals surface area contributed by atoms with Crippen LogP contribution in [0.1, 0.15) is 28.2 Å². The second kappa shape index (κ2) is 7.91. The predicted octanol–water partition coefficient (Wildman–Crippen LogP) is 8.06. The molecule has 2 nitrogen and oxygen atoms in total. The molecule has 2 heterocycles. The highest BCUT2D eigenvalue weighted by atomic mass is 15.3. The van der Waals surface area contributed by atoms with Crippen LogP contribution in [0.2, 0.25) is 0 Å². The zero-order chi connectivity index (χ0) is 24.3. The quantitative estimate of drug-likeness (QED) is 0.254. The van der Waals surface area contributed by atoms with E-state index in [4.69, 9.17) is 4.99 Å². The van der Waals surface area contributed by atoms with Gasteiger partial charge in [-0.15, -0.1) is 0 Å². The molecule has 5 aromatic rings. The molecule has 0 fully saturated rings. The zero-order valence-electron chi connectivity index (χ0n) is 20.3. The van der Waals surface area contributed by atoms with Crippen molar-refractivity contribution < 1.29 is 0 Å². The van der Waals surface area contributed by atoms with Crippen molar-refractivity contribution in [1.82, 2.24) is 4.90 Å². The Hall–Kier alpha value is -4.69. The largest absolute Gasteiger partial charge is 0.323 e. The van der Waals surface area contributed by atoms with Crippen molar-refractivity contribution in [2.24, 2.45) is 4.99 Å². The molecule has 0 saturated carbocycles. The third-order valence-electron chi connectivity index (χ3n) is 7.99. The molecule has 5 aromatic carbocycles. The summed E-state index contributed by atoms with van der Waals surface area (Å²) in [6.07, 6.45) is 8.53. The second-order valence-corrected chi connectivity index (χ2v) is 10.0. The Kier molecular flexibility index (Phi) is 4.38. The van der Waals surface area contributed by atoms with E-state index in [1.165, 1.54) is 49.4 Å². The van der Waals surface area contributed by atoms with E-state index < -0.39 is 0 Å². The van der Waals surface area contributed by atoms with Gasteiger partial charge in [-0.05, 0) is 62.0 Å². The van der Waals surface area contributed by atoms with Gasteiger partial charge in [0.1, 0.15) is 5.84 Å². The molecule has 3 aliphatic rings. The lowest BCUT2D eigenvalue weighted by Gasteiger charge is -2.38. The average molecular weight is 473 g/mol. The molecule has 8 rings (SSSR count). The SMILES string of the molecule is C1=CC2=NC3=C(c4ccc5ccccc5c4)c4ccccc4C(c4ccc5ccccc5c4)C3N2C=C1. The summed E-state index contributed by atoms with van der Waals surface area (Å²) in [6.45, 7) is 0. The second-order valence-electron chi connectivity index (χ2n) is 10.0. The van der Waals surface area contributed by atoms with Gasteiger partial charge in [-0.1, -0.05) is 109 Å². The number of hydrogen-bond acceptors (Lipinski definition) is 2. The molecule has 37 heavy (non-hydrogen) atoms. The van der Waals surface area contributed by atoms with E-state index in [0.29, 0.717) is 0 Å². The highest BCUT2D eigenvalue weighted by Gasteiger charge is 2.44. The first-order valence-corrected chi connectivity index (χ1v) is 12.9. The van der Waals surface area contributed by atoms with Crippen LogP contribution < -0.4 is 0 Å². The average Bonchev–Trinajstić information content (AvgIpc) is 3.34. The van der Waals surface area contributed by atoms with Crippen molar-refractivity contribution >= 4 is 33.0 Å². The van der Waals surface area contributed by atoms with Gasteiger partial charge in [0, 0.05) is 17.7 Å². The first kappa shape index (κ1) is 20.5. The van der Waals surface area contributed by atoms with Gasteiger partial charge < -0.3 is 4.90 Å². The van der Waals surface area contributed by atoms with E-state index in [1.54, 1.807) is 0 Å². The van der Waals surface area contributed by atoms with E-state index in [-0.39, 0.29) is 12.0 Å². The van der Waals surface area contributed by atoms with Gasteiger partial charge in [-0.2, -0.15) is 0 Å². The van der Waals surface area contributed by atoms with Crippen LogP contribution in [-0.2, 0) is 0 Å². The molecule has 0 spiro atoms. The van der Waals surface area contributed by atoms with Crippen molar-refractivity contribution in [2.75, 3.05) is 0 Å². The number of fused-ring (bicyclic) bond motifs is 6. The van der Waals surface area contributed by atoms with Gasteiger partial charge in [0.05, 0.1) is 11.7 Å². The fourth-order valence-electron chi connectivity index (χ4n) is 6.34. The molecular weight excluding hydrogens is 448 g/mol. The monoisotopic (exact) mass is 472 g/mol. The van der Waals surface area contributed by atoms with Crippen LogP contribution in [0.15, 0.2) is 144 Å². The number of allylic oxidation sites excluding steroid dienone is 2. The Morgan fingerprint density at radius 1 is 0.622 bits per heavy atom. The van der Waals surface area contributed by atoms with Crippen LogP contribution in [0.25, 0.3) is 27.1 Å². The van der Waals surface area contributed by atoms with E-state index >= 15 is 0 Å². The van der Waals surface area contributed by atoms with Crippen LogP contribution in [0.3, 0.4) is 0 Å². The van der Waals surface area contributed by atoms with Crippen molar-refractivity contribution in [3.8, 4) is 0 Å². The molecule has 1 aliphatic carbocycles. The molecule has 0 radical (unpaired) electrons. The standard InChI is InChI=1S/C35H24N2/c1-3-11-25-21-27(18-16-23(25)9-1)32-29-13-5-6-14-30(29)33(28-19-17-24-10-2-4-12-26(24)22-28)35-34(32)36-31-15-7-8-20-37(31)35/h1-22,33,35H. The fourth-order valence-corrected chi connectivity index (χ4v) is 6.34. The molecule has 2 heteroatoms. The van der Waals surface area contributed by atoms with Crippen molar-refractivity contribution in [1.29, 1.82) is 0 Å². The highest BCUT2D eigenvalue weighted by Crippen LogP contribution is 2.50. The maximum absolute atomic E-state index is 5.29. The minimum Gasteiger partial charge on any atom is -0.323 e. The minimum atomic E-state index is 0.0914. The number of benzene rings is 5. The molecule has 174 valence electrons. The lowest BCUT2D eigenvalue weighted by molar-refractivity contribution is 0.429. The van der Waals surface area contributed by atoms with Crippen LogP contribution in [0, 0.1) is 0 Å². The summed E-state index contributed by atoms with van der Waals surface area (Å²) < 4.78 is 0. The van der Waals surface area contributed by atoms with Gasteiger partial charge in [-0.25, -0.2) is 4.99 Å². The summed E-state index contributed by atoms with van der Waals surface area (Å²) in [6, 6.07) is 40.0. The lowest BCUT2D eigenvalue weighted by atomic mass is 9.72. The molecule has 0 saturated heterocycles. The minimum absolute atomic E-state index is 0.0914. The topological polar surface area (TPSA) is 15.6 Å².